The summed E-state index contributed by atoms with van der Waals surface area (Å²) in [4.78, 5) is 2.55. The predicted octanol–water partition coefficient (Wildman–Crippen LogP) is 0.831. The minimum absolute atomic E-state index is 0.250. The molecule has 1 fully saturated rings. The van der Waals surface area contributed by atoms with Gasteiger partial charge in [-0.3, -0.25) is 4.90 Å². The van der Waals surface area contributed by atoms with Gasteiger partial charge in [-0.2, -0.15) is 0 Å². The molecule has 3 heteroatoms. The Kier molecular flexibility index (Phi) is 5.45. The van der Waals surface area contributed by atoms with Crippen LogP contribution >= 0.6 is 0 Å². The number of nitrogens with zero attached hydrogens (tertiary/aromatic N) is 1. The summed E-state index contributed by atoms with van der Waals surface area (Å²) >= 11 is 0. The van der Waals surface area contributed by atoms with E-state index in [1.165, 1.54) is 25.8 Å². The average molecular weight is 200 g/mol. The van der Waals surface area contributed by atoms with Crippen LogP contribution in [0.3, 0.4) is 0 Å². The molecule has 2 unspecified atom stereocenters. The molecule has 0 spiro atoms. The molecule has 1 aliphatic heterocycles. The molecule has 3 nitrogen and oxygen atoms in total. The zero-order chi connectivity index (χ0) is 10.4. The summed E-state index contributed by atoms with van der Waals surface area (Å²) in [5, 5.41) is 12.1. The molecule has 1 saturated heterocycles. The maximum atomic E-state index is 8.74. The van der Waals surface area contributed by atoms with Gasteiger partial charge in [-0.1, -0.05) is 6.92 Å². The summed E-state index contributed by atoms with van der Waals surface area (Å²) in [5.41, 5.74) is 0. The van der Waals surface area contributed by atoms with Crippen LogP contribution in [0, 0.1) is 0 Å². The Bertz CT molecular complexity index is 152. The first kappa shape index (κ1) is 12.0. The molecule has 1 aliphatic rings. The van der Waals surface area contributed by atoms with Crippen molar-refractivity contribution in [3.8, 4) is 0 Å². The lowest BCUT2D eigenvalue weighted by Gasteiger charge is -2.36. The third kappa shape index (κ3) is 3.56. The molecule has 0 amide bonds. The van der Waals surface area contributed by atoms with E-state index < -0.39 is 0 Å². The predicted molar refractivity (Wildman–Crippen MR) is 59.4 cm³/mol. The molecule has 0 aromatic rings. The van der Waals surface area contributed by atoms with Gasteiger partial charge < -0.3 is 10.4 Å². The van der Waals surface area contributed by atoms with Gasteiger partial charge >= 0.3 is 0 Å². The van der Waals surface area contributed by atoms with Gasteiger partial charge in [-0.15, -0.1) is 0 Å². The average Bonchev–Trinajstić information content (AvgIpc) is 2.25. The summed E-state index contributed by atoms with van der Waals surface area (Å²) in [6, 6.07) is 1.29. The van der Waals surface area contributed by atoms with Gasteiger partial charge in [-0.25, -0.2) is 0 Å². The molecule has 0 aliphatic carbocycles. The molecular formula is C11H24N2O. The first-order valence-electron chi connectivity index (χ1n) is 5.86. The minimum atomic E-state index is 0.250. The number of likely N-dealkylation sites (tertiary alicyclic amines) is 1. The minimum Gasteiger partial charge on any atom is -0.395 e. The lowest BCUT2D eigenvalue weighted by atomic mass is 10.0. The molecule has 84 valence electrons. The van der Waals surface area contributed by atoms with E-state index in [-0.39, 0.29) is 6.61 Å². The normalized spacial score (nSPS) is 26.4. The van der Waals surface area contributed by atoms with Gasteiger partial charge in [0.1, 0.15) is 0 Å². The molecule has 2 N–H and O–H groups in total. The Morgan fingerprint density at radius 1 is 1.57 bits per heavy atom. The van der Waals surface area contributed by atoms with Crippen LogP contribution in [0.1, 0.15) is 33.1 Å². The maximum Gasteiger partial charge on any atom is 0.0556 e. The number of piperidine rings is 1. The van der Waals surface area contributed by atoms with Gasteiger partial charge in [0.05, 0.1) is 6.61 Å². The molecule has 1 rings (SSSR count). The van der Waals surface area contributed by atoms with E-state index in [1.54, 1.807) is 0 Å². The fraction of sp³-hybridized carbons (Fsp3) is 1.00. The van der Waals surface area contributed by atoms with E-state index in [1.807, 2.05) is 0 Å². The van der Waals surface area contributed by atoms with Crippen LogP contribution in [0.5, 0.6) is 0 Å². The third-order valence-electron chi connectivity index (χ3n) is 3.21. The Labute approximate surface area is 87.5 Å². The lowest BCUT2D eigenvalue weighted by molar-refractivity contribution is 0.139. The van der Waals surface area contributed by atoms with Crippen molar-refractivity contribution in [2.24, 2.45) is 0 Å². The van der Waals surface area contributed by atoms with Crippen molar-refractivity contribution in [1.29, 1.82) is 0 Å². The van der Waals surface area contributed by atoms with E-state index in [0.29, 0.717) is 12.1 Å². The van der Waals surface area contributed by atoms with Crippen molar-refractivity contribution in [1.82, 2.24) is 10.2 Å². The second kappa shape index (κ2) is 6.38. The van der Waals surface area contributed by atoms with Crippen LogP contribution < -0.4 is 5.32 Å². The second-order valence-electron chi connectivity index (χ2n) is 4.27. The highest BCUT2D eigenvalue weighted by Crippen LogP contribution is 2.14. The fourth-order valence-electron chi connectivity index (χ4n) is 2.10. The number of nitrogens with one attached hydrogen (secondary N) is 1. The summed E-state index contributed by atoms with van der Waals surface area (Å²) < 4.78 is 0. The van der Waals surface area contributed by atoms with Crippen LogP contribution in [0.2, 0.25) is 0 Å². The number of aliphatic hydroxyl groups is 1. The number of aliphatic hydroxyl groups excluding tert-OH is 1. The standard InChI is InChI=1S/C11H24N2O/c1-3-10(2)13-7-4-5-11(9-13)12-6-8-14/h10-12,14H,3-9H2,1-2H3. The number of hydrogen-bond acceptors (Lipinski definition) is 3. The quantitative estimate of drug-likeness (QED) is 0.690. The molecule has 14 heavy (non-hydrogen) atoms. The zero-order valence-electron chi connectivity index (χ0n) is 9.50. The largest absolute Gasteiger partial charge is 0.395 e. The highest BCUT2D eigenvalue weighted by Gasteiger charge is 2.21. The van der Waals surface area contributed by atoms with E-state index in [4.69, 9.17) is 5.11 Å². The van der Waals surface area contributed by atoms with Gasteiger partial charge in [0, 0.05) is 25.2 Å². The smallest absolute Gasteiger partial charge is 0.0556 e. The lowest BCUT2D eigenvalue weighted by Crippen LogP contribution is -2.49. The van der Waals surface area contributed by atoms with Crippen molar-refractivity contribution in [3.05, 3.63) is 0 Å². The van der Waals surface area contributed by atoms with Crippen LogP contribution in [-0.2, 0) is 0 Å². The van der Waals surface area contributed by atoms with E-state index in [0.717, 1.165) is 13.1 Å². The fourth-order valence-corrected chi connectivity index (χ4v) is 2.10. The van der Waals surface area contributed by atoms with Crippen molar-refractivity contribution in [2.45, 2.75) is 45.2 Å². The van der Waals surface area contributed by atoms with Gasteiger partial charge in [0.15, 0.2) is 0 Å². The molecule has 1 heterocycles. The molecule has 0 bridgehead atoms. The highest BCUT2D eigenvalue weighted by atomic mass is 16.3. The highest BCUT2D eigenvalue weighted by molar-refractivity contribution is 4.80. The summed E-state index contributed by atoms with van der Waals surface area (Å²) in [5.74, 6) is 0. The van der Waals surface area contributed by atoms with Crippen LogP contribution in [0.4, 0.5) is 0 Å². The zero-order valence-corrected chi connectivity index (χ0v) is 9.50. The topological polar surface area (TPSA) is 35.5 Å². The van der Waals surface area contributed by atoms with E-state index in [9.17, 15) is 0 Å². The van der Waals surface area contributed by atoms with Crippen molar-refractivity contribution < 1.29 is 5.11 Å². The Hall–Kier alpha value is -0.120. The van der Waals surface area contributed by atoms with Gasteiger partial charge in [0.2, 0.25) is 0 Å². The van der Waals surface area contributed by atoms with Crippen molar-refractivity contribution in [3.63, 3.8) is 0 Å². The summed E-state index contributed by atoms with van der Waals surface area (Å²) in [7, 11) is 0. The molecule has 0 aromatic carbocycles. The van der Waals surface area contributed by atoms with Crippen LogP contribution in [0.25, 0.3) is 0 Å². The van der Waals surface area contributed by atoms with Crippen molar-refractivity contribution >= 4 is 0 Å². The second-order valence-corrected chi connectivity index (χ2v) is 4.27. The summed E-state index contributed by atoms with van der Waals surface area (Å²) in [6.45, 7) is 7.92. The first-order valence-corrected chi connectivity index (χ1v) is 5.86. The Balaban J connectivity index is 2.28. The van der Waals surface area contributed by atoms with Gasteiger partial charge in [-0.05, 0) is 32.7 Å². The molecule has 2 atom stereocenters. The van der Waals surface area contributed by atoms with E-state index in [2.05, 4.69) is 24.1 Å². The monoisotopic (exact) mass is 200 g/mol. The number of hydrogen-bond donors (Lipinski definition) is 2. The van der Waals surface area contributed by atoms with Gasteiger partial charge in [0.25, 0.3) is 0 Å². The number of rotatable bonds is 5. The molecule has 0 aromatic heterocycles. The molecule has 0 radical (unpaired) electrons. The SMILES string of the molecule is CCC(C)N1CCCC(NCCO)C1. The van der Waals surface area contributed by atoms with Crippen LogP contribution in [0.15, 0.2) is 0 Å². The molecular weight excluding hydrogens is 176 g/mol. The van der Waals surface area contributed by atoms with Crippen LogP contribution in [-0.4, -0.2) is 48.3 Å². The third-order valence-corrected chi connectivity index (χ3v) is 3.21. The van der Waals surface area contributed by atoms with E-state index >= 15 is 0 Å². The summed E-state index contributed by atoms with van der Waals surface area (Å²) in [6.07, 6.45) is 3.77. The first-order chi connectivity index (χ1) is 6.77. The Morgan fingerprint density at radius 2 is 2.36 bits per heavy atom. The Morgan fingerprint density at radius 3 is 3.00 bits per heavy atom. The van der Waals surface area contributed by atoms with Crippen molar-refractivity contribution in [2.75, 3.05) is 26.2 Å². The molecule has 0 saturated carbocycles. The maximum absolute atomic E-state index is 8.74.